The number of ether oxygens (including phenoxy) is 4. The van der Waals surface area contributed by atoms with Gasteiger partial charge in [-0.05, 0) is 38.5 Å². The summed E-state index contributed by atoms with van der Waals surface area (Å²) in [5, 5.41) is 30.8. The van der Waals surface area contributed by atoms with Crippen LogP contribution >= 0.6 is 0 Å². The summed E-state index contributed by atoms with van der Waals surface area (Å²) in [5.41, 5.74) is 0. The van der Waals surface area contributed by atoms with Gasteiger partial charge in [0.15, 0.2) is 6.29 Å². The molecule has 1 saturated heterocycles. The molecule has 416 valence electrons. The minimum absolute atomic E-state index is 0.0430. The number of allylic oxidation sites excluding steroid dienone is 2. The van der Waals surface area contributed by atoms with Crippen LogP contribution in [0.4, 0.5) is 0 Å². The van der Waals surface area contributed by atoms with E-state index in [1.807, 2.05) is 0 Å². The number of aliphatic hydroxyl groups excluding tert-OH is 3. The number of carbonyl (C=O) groups is 1. The predicted molar refractivity (Wildman–Crippen MR) is 285 cm³/mol. The summed E-state index contributed by atoms with van der Waals surface area (Å²) >= 11 is 0. The maximum atomic E-state index is 12.9. The van der Waals surface area contributed by atoms with Crippen molar-refractivity contribution >= 4 is 16.4 Å². The molecule has 6 unspecified atom stereocenters. The minimum atomic E-state index is -5.06. The topological polar surface area (TPSA) is 178 Å². The largest absolute Gasteiger partial charge is 0.457 e. The molecule has 0 spiro atoms. The molecule has 0 aromatic heterocycles. The van der Waals surface area contributed by atoms with Crippen LogP contribution in [0.15, 0.2) is 12.2 Å². The quantitative estimate of drug-likeness (QED) is 0.0196. The molecule has 0 aliphatic carbocycles. The molecule has 0 radical (unpaired) electrons. The Morgan fingerprint density at radius 1 is 0.529 bits per heavy atom. The molecule has 0 aromatic rings. The van der Waals surface area contributed by atoms with Crippen molar-refractivity contribution in [1.82, 2.24) is 0 Å². The van der Waals surface area contributed by atoms with Crippen molar-refractivity contribution in [1.29, 1.82) is 0 Å². The first-order valence-corrected chi connectivity index (χ1v) is 30.8. The first-order valence-electron chi connectivity index (χ1n) is 29.4. The van der Waals surface area contributed by atoms with Gasteiger partial charge in [-0.25, -0.2) is 4.18 Å². The van der Waals surface area contributed by atoms with E-state index in [-0.39, 0.29) is 19.6 Å². The molecule has 1 aliphatic rings. The Hall–Kier alpha value is -1.16. The third-order valence-corrected chi connectivity index (χ3v) is 14.4. The van der Waals surface area contributed by atoms with Gasteiger partial charge in [-0.3, -0.25) is 9.35 Å². The number of aliphatic hydroxyl groups is 3. The number of rotatable bonds is 53. The van der Waals surface area contributed by atoms with Crippen molar-refractivity contribution in [3.63, 3.8) is 0 Å². The molecule has 0 bridgehead atoms. The first kappa shape index (κ1) is 66.9. The van der Waals surface area contributed by atoms with E-state index in [4.69, 9.17) is 18.9 Å². The van der Waals surface area contributed by atoms with Gasteiger partial charge in [-0.15, -0.1) is 0 Å². The summed E-state index contributed by atoms with van der Waals surface area (Å²) < 4.78 is 59.4. The molecular weight excluding hydrogens is 909 g/mol. The lowest BCUT2D eigenvalue weighted by molar-refractivity contribution is -0.301. The third kappa shape index (κ3) is 41.2. The summed E-state index contributed by atoms with van der Waals surface area (Å²) in [6, 6.07) is 0. The summed E-state index contributed by atoms with van der Waals surface area (Å²) in [4.78, 5) is 12.9. The second kappa shape index (κ2) is 48.8. The van der Waals surface area contributed by atoms with E-state index in [1.165, 1.54) is 218 Å². The molecule has 1 aliphatic heterocycles. The maximum Gasteiger partial charge on any atom is 0.397 e. The molecular formula is C57H110O12S. The van der Waals surface area contributed by atoms with Gasteiger partial charge in [0.2, 0.25) is 0 Å². The Balaban J connectivity index is 2.25. The molecule has 1 fully saturated rings. The van der Waals surface area contributed by atoms with Gasteiger partial charge >= 0.3 is 16.4 Å². The lowest BCUT2D eigenvalue weighted by Gasteiger charge is -2.41. The van der Waals surface area contributed by atoms with Gasteiger partial charge in [0.1, 0.15) is 30.5 Å². The predicted octanol–water partition coefficient (Wildman–Crippen LogP) is 14.5. The zero-order valence-electron chi connectivity index (χ0n) is 45.1. The van der Waals surface area contributed by atoms with Crippen LogP contribution in [0.1, 0.15) is 284 Å². The molecule has 6 atom stereocenters. The van der Waals surface area contributed by atoms with E-state index in [9.17, 15) is 33.1 Å². The van der Waals surface area contributed by atoms with Crippen molar-refractivity contribution in [2.75, 3.05) is 26.4 Å². The molecule has 70 heavy (non-hydrogen) atoms. The fraction of sp³-hybridized carbons (Fsp3) is 0.947. The standard InChI is InChI=1S/C57H110O12S/c1-3-5-7-9-11-13-15-17-19-21-22-23-24-25-26-27-28-29-31-33-35-37-39-41-43-45-47-65-49-51(50-66-57-55(61)56(69-70(62,63)64)54(60)52(48-58)68-57)67-53(59)46-44-42-40-38-36-34-32-30-20-18-16-14-12-10-8-6-4-2/h21-22,51-52,54-58,60-61H,3-20,23-50H2,1-2H3,(H,62,63,64)/b22-21-. The van der Waals surface area contributed by atoms with E-state index in [2.05, 4.69) is 30.2 Å². The number of carbonyl (C=O) groups excluding carboxylic acids is 1. The molecule has 1 rings (SSSR count). The Morgan fingerprint density at radius 2 is 0.900 bits per heavy atom. The van der Waals surface area contributed by atoms with Gasteiger partial charge in [0, 0.05) is 13.0 Å². The number of hydrogen-bond acceptors (Lipinski definition) is 11. The van der Waals surface area contributed by atoms with Crippen LogP contribution in [0.3, 0.4) is 0 Å². The fourth-order valence-corrected chi connectivity index (χ4v) is 9.94. The van der Waals surface area contributed by atoms with Crippen LogP contribution in [0.2, 0.25) is 0 Å². The van der Waals surface area contributed by atoms with Crippen LogP contribution in [0, 0.1) is 0 Å². The molecule has 4 N–H and O–H groups in total. The average Bonchev–Trinajstić information content (AvgIpc) is 3.34. The Morgan fingerprint density at radius 3 is 1.29 bits per heavy atom. The molecule has 0 saturated carbocycles. The summed E-state index contributed by atoms with van der Waals surface area (Å²) in [7, 11) is -5.06. The third-order valence-electron chi connectivity index (χ3n) is 13.9. The van der Waals surface area contributed by atoms with Crippen molar-refractivity contribution in [2.24, 2.45) is 0 Å². The smallest absolute Gasteiger partial charge is 0.397 e. The van der Waals surface area contributed by atoms with E-state index in [0.29, 0.717) is 13.0 Å². The molecule has 12 nitrogen and oxygen atoms in total. The second-order valence-corrected chi connectivity index (χ2v) is 21.6. The van der Waals surface area contributed by atoms with Gasteiger partial charge in [0.25, 0.3) is 0 Å². The highest BCUT2D eigenvalue weighted by Crippen LogP contribution is 2.26. The highest BCUT2D eigenvalue weighted by Gasteiger charge is 2.48. The van der Waals surface area contributed by atoms with Crippen molar-refractivity contribution < 1.29 is 56.2 Å². The number of esters is 1. The van der Waals surface area contributed by atoms with Crippen molar-refractivity contribution in [3.05, 3.63) is 12.2 Å². The van der Waals surface area contributed by atoms with Crippen LogP contribution in [0.5, 0.6) is 0 Å². The van der Waals surface area contributed by atoms with E-state index >= 15 is 0 Å². The Labute approximate surface area is 429 Å². The lowest BCUT2D eigenvalue weighted by atomic mass is 9.99. The highest BCUT2D eigenvalue weighted by atomic mass is 32.3. The van der Waals surface area contributed by atoms with Crippen LogP contribution < -0.4 is 0 Å². The van der Waals surface area contributed by atoms with Crippen LogP contribution in [-0.4, -0.2) is 97.5 Å². The highest BCUT2D eigenvalue weighted by molar-refractivity contribution is 7.80. The van der Waals surface area contributed by atoms with E-state index < -0.39 is 59.8 Å². The zero-order chi connectivity index (χ0) is 51.0. The number of hydrogen-bond donors (Lipinski definition) is 4. The number of unbranched alkanes of at least 4 members (excludes halogenated alkanes) is 38. The molecule has 13 heteroatoms. The van der Waals surface area contributed by atoms with Crippen molar-refractivity contribution in [3.8, 4) is 0 Å². The lowest BCUT2D eigenvalue weighted by Crippen LogP contribution is -2.60. The maximum absolute atomic E-state index is 12.9. The molecule has 1 heterocycles. The molecule has 0 amide bonds. The Bertz CT molecular complexity index is 1270. The monoisotopic (exact) mass is 1020 g/mol. The summed E-state index contributed by atoms with van der Waals surface area (Å²) in [6.45, 7) is 4.06. The SMILES string of the molecule is CCCCCCCCCC/C=C\CCCCCCCCCCCCCCCCOCC(COC1OC(CO)C(O)C(OS(=O)(=O)O)C1O)OC(=O)CCCCCCCCCCCCCCCCCCC. The summed E-state index contributed by atoms with van der Waals surface area (Å²) in [6.07, 6.45) is 48.3. The Kier molecular flexibility index (Phi) is 46.6. The van der Waals surface area contributed by atoms with Crippen molar-refractivity contribution in [2.45, 2.75) is 320 Å². The molecule has 0 aromatic carbocycles. The van der Waals surface area contributed by atoms with Gasteiger partial charge in [-0.2, -0.15) is 8.42 Å². The zero-order valence-corrected chi connectivity index (χ0v) is 45.9. The van der Waals surface area contributed by atoms with Gasteiger partial charge in [-0.1, -0.05) is 251 Å². The van der Waals surface area contributed by atoms with Crippen LogP contribution in [-0.2, 0) is 38.3 Å². The normalized spacial score (nSPS) is 19.1. The minimum Gasteiger partial charge on any atom is -0.457 e. The second-order valence-electron chi connectivity index (χ2n) is 20.6. The fourth-order valence-electron chi connectivity index (χ4n) is 9.44. The average molecular weight is 1020 g/mol. The summed E-state index contributed by atoms with van der Waals surface area (Å²) in [5.74, 6) is -0.391. The van der Waals surface area contributed by atoms with Gasteiger partial charge in [0.05, 0.1) is 19.8 Å². The van der Waals surface area contributed by atoms with E-state index in [1.54, 1.807) is 0 Å². The van der Waals surface area contributed by atoms with Gasteiger partial charge < -0.3 is 34.3 Å². The first-order chi connectivity index (χ1) is 34.1. The van der Waals surface area contributed by atoms with E-state index in [0.717, 1.165) is 38.5 Å². The van der Waals surface area contributed by atoms with Crippen LogP contribution in [0.25, 0.3) is 0 Å².